The Kier molecular flexibility index (Phi) is 2.77. The van der Waals surface area contributed by atoms with E-state index in [-0.39, 0.29) is 6.04 Å². The number of piperidine rings is 1. The van der Waals surface area contributed by atoms with Crippen LogP contribution in [0.1, 0.15) is 43.4 Å². The summed E-state index contributed by atoms with van der Waals surface area (Å²) in [4.78, 5) is 3.71. The maximum Gasteiger partial charge on any atom is 0.0790 e. The molecule has 116 valence electrons. The molecule has 6 rings (SSSR count). The lowest BCUT2D eigenvalue weighted by molar-refractivity contribution is -0.0173. The van der Waals surface area contributed by atoms with Crippen LogP contribution in [0.2, 0.25) is 0 Å². The standard InChI is InChI=1S/C18H22N2OS/c1-18(21)7-6-11-8-13-16-14(10-22-20(9-11)17(13)18)12-4-2-3-5-15(12)19-16/h2-5,11,13,17,19,21H,6-10H2,1H3. The normalized spacial score (nSPS) is 40.3. The summed E-state index contributed by atoms with van der Waals surface area (Å²) in [6, 6.07) is 8.89. The molecule has 5 atom stereocenters. The SMILES string of the molecule is CC1(O)CCC2CC3c4[nH]c5ccccc5c4CSN(C2)C31. The molecule has 5 unspecified atom stereocenters. The summed E-state index contributed by atoms with van der Waals surface area (Å²) in [7, 11) is 0. The molecule has 0 spiro atoms. The highest BCUT2D eigenvalue weighted by Gasteiger charge is 2.52. The molecular formula is C18H22N2OS. The van der Waals surface area contributed by atoms with Gasteiger partial charge in [0.1, 0.15) is 0 Å². The van der Waals surface area contributed by atoms with Gasteiger partial charge >= 0.3 is 0 Å². The average Bonchev–Trinajstić information content (AvgIpc) is 2.70. The largest absolute Gasteiger partial charge is 0.388 e. The Balaban J connectivity index is 1.73. The Bertz CT molecular complexity index is 738. The molecule has 4 heterocycles. The minimum atomic E-state index is -0.582. The molecule has 1 aliphatic carbocycles. The van der Waals surface area contributed by atoms with Crippen LogP contribution >= 0.6 is 11.9 Å². The van der Waals surface area contributed by atoms with Crippen molar-refractivity contribution in [2.24, 2.45) is 5.92 Å². The minimum Gasteiger partial charge on any atom is -0.388 e. The second-order valence-corrected chi connectivity index (χ2v) is 8.50. The van der Waals surface area contributed by atoms with Crippen molar-refractivity contribution in [3.8, 4) is 0 Å². The van der Waals surface area contributed by atoms with Gasteiger partial charge in [-0.2, -0.15) is 0 Å². The van der Waals surface area contributed by atoms with Crippen molar-refractivity contribution >= 4 is 22.9 Å². The van der Waals surface area contributed by atoms with Crippen molar-refractivity contribution in [2.45, 2.75) is 49.5 Å². The van der Waals surface area contributed by atoms with E-state index < -0.39 is 5.60 Å². The van der Waals surface area contributed by atoms with Crippen molar-refractivity contribution < 1.29 is 5.11 Å². The fourth-order valence-corrected chi connectivity index (χ4v) is 6.43. The van der Waals surface area contributed by atoms with Crippen LogP contribution in [0.15, 0.2) is 24.3 Å². The lowest BCUT2D eigenvalue weighted by Crippen LogP contribution is -2.52. The first-order chi connectivity index (χ1) is 10.6. The van der Waals surface area contributed by atoms with E-state index in [0.29, 0.717) is 5.92 Å². The Morgan fingerprint density at radius 1 is 1.36 bits per heavy atom. The zero-order valence-corrected chi connectivity index (χ0v) is 13.7. The third-order valence-corrected chi connectivity index (χ3v) is 7.13. The Morgan fingerprint density at radius 3 is 3.14 bits per heavy atom. The highest BCUT2D eigenvalue weighted by Crippen LogP contribution is 2.52. The molecule has 22 heavy (non-hydrogen) atoms. The van der Waals surface area contributed by atoms with E-state index in [0.717, 1.165) is 31.1 Å². The maximum atomic E-state index is 11.1. The van der Waals surface area contributed by atoms with Crippen molar-refractivity contribution in [3.63, 3.8) is 0 Å². The number of rotatable bonds is 0. The number of aromatic amines is 1. The minimum absolute atomic E-state index is 0.241. The van der Waals surface area contributed by atoms with E-state index in [1.165, 1.54) is 28.6 Å². The van der Waals surface area contributed by atoms with Gasteiger partial charge < -0.3 is 10.1 Å². The zero-order chi connectivity index (χ0) is 14.9. The fourth-order valence-electron chi connectivity index (χ4n) is 4.98. The van der Waals surface area contributed by atoms with Crippen molar-refractivity contribution in [1.82, 2.24) is 9.29 Å². The first kappa shape index (κ1) is 13.5. The third-order valence-electron chi connectivity index (χ3n) is 6.00. The monoisotopic (exact) mass is 314 g/mol. The summed E-state index contributed by atoms with van der Waals surface area (Å²) in [6.45, 7) is 3.20. The van der Waals surface area contributed by atoms with Crippen LogP contribution < -0.4 is 0 Å². The van der Waals surface area contributed by atoms with E-state index >= 15 is 0 Å². The number of nitrogens with zero attached hydrogens (tertiary/aromatic N) is 1. The van der Waals surface area contributed by atoms with Crippen molar-refractivity contribution in [2.75, 3.05) is 6.54 Å². The molecule has 4 heteroatoms. The van der Waals surface area contributed by atoms with Gasteiger partial charge in [0, 0.05) is 34.8 Å². The number of hydrogen-bond acceptors (Lipinski definition) is 3. The van der Waals surface area contributed by atoms with Crippen LogP contribution in [0.25, 0.3) is 10.9 Å². The zero-order valence-electron chi connectivity index (χ0n) is 12.9. The van der Waals surface area contributed by atoms with Gasteiger partial charge in [0.15, 0.2) is 0 Å². The van der Waals surface area contributed by atoms with Gasteiger partial charge in [-0.3, -0.25) is 0 Å². The summed E-state index contributed by atoms with van der Waals surface area (Å²) >= 11 is 1.93. The molecule has 2 saturated heterocycles. The number of para-hydroxylation sites is 1. The van der Waals surface area contributed by atoms with E-state index in [4.69, 9.17) is 0 Å². The van der Waals surface area contributed by atoms with Crippen LogP contribution in [0.5, 0.6) is 0 Å². The van der Waals surface area contributed by atoms with Crippen LogP contribution in [0.4, 0.5) is 0 Å². The lowest BCUT2D eigenvalue weighted by Gasteiger charge is -2.44. The number of aliphatic hydroxyl groups is 1. The van der Waals surface area contributed by atoms with E-state index in [2.05, 4.69) is 40.5 Å². The molecule has 4 bridgehead atoms. The highest BCUT2D eigenvalue weighted by molar-refractivity contribution is 7.96. The molecule has 2 aromatic rings. The topological polar surface area (TPSA) is 39.3 Å². The molecule has 3 aliphatic heterocycles. The number of nitrogens with one attached hydrogen (secondary N) is 1. The quantitative estimate of drug-likeness (QED) is 0.729. The number of H-pyrrole nitrogens is 1. The lowest BCUT2D eigenvalue weighted by atomic mass is 9.78. The van der Waals surface area contributed by atoms with Gasteiger partial charge in [-0.05, 0) is 43.7 Å². The third kappa shape index (κ3) is 1.78. The number of fused-ring (bicyclic) bond motifs is 5. The Hall–Kier alpha value is -0.970. The van der Waals surface area contributed by atoms with Crippen molar-refractivity contribution in [1.29, 1.82) is 0 Å². The number of benzene rings is 1. The van der Waals surface area contributed by atoms with Gasteiger partial charge in [-0.15, -0.1) is 0 Å². The second kappa shape index (κ2) is 4.53. The number of aromatic nitrogens is 1. The summed E-state index contributed by atoms with van der Waals surface area (Å²) < 4.78 is 2.51. The van der Waals surface area contributed by atoms with Crippen LogP contribution in [-0.4, -0.2) is 32.6 Å². The molecule has 1 aromatic heterocycles. The van der Waals surface area contributed by atoms with E-state index in [1.54, 1.807) is 0 Å². The smallest absolute Gasteiger partial charge is 0.0790 e. The fraction of sp³-hybridized carbons (Fsp3) is 0.556. The van der Waals surface area contributed by atoms with E-state index in [9.17, 15) is 5.11 Å². The number of hydrogen-bond donors (Lipinski definition) is 2. The van der Waals surface area contributed by atoms with Crippen LogP contribution in [0.3, 0.4) is 0 Å². The predicted molar refractivity (Wildman–Crippen MR) is 90.8 cm³/mol. The first-order valence-electron chi connectivity index (χ1n) is 8.35. The summed E-state index contributed by atoms with van der Waals surface area (Å²) in [5.74, 6) is 2.18. The molecule has 1 aromatic carbocycles. The molecule has 3 nitrogen and oxygen atoms in total. The second-order valence-electron chi connectivity index (χ2n) is 7.48. The van der Waals surface area contributed by atoms with Gasteiger partial charge in [-0.25, -0.2) is 4.31 Å². The molecule has 2 N–H and O–H groups in total. The van der Waals surface area contributed by atoms with Gasteiger partial charge in [-0.1, -0.05) is 30.1 Å². The maximum absolute atomic E-state index is 11.1. The summed E-state index contributed by atoms with van der Waals surface area (Å²) in [5, 5.41) is 12.5. The Morgan fingerprint density at radius 2 is 2.23 bits per heavy atom. The molecule has 0 amide bonds. The predicted octanol–water partition coefficient (Wildman–Crippen LogP) is 3.65. The van der Waals surface area contributed by atoms with Gasteiger partial charge in [0.2, 0.25) is 0 Å². The molecule has 0 radical (unpaired) electrons. The summed E-state index contributed by atoms with van der Waals surface area (Å²) in [5.41, 5.74) is 3.53. The average molecular weight is 314 g/mol. The van der Waals surface area contributed by atoms with Crippen molar-refractivity contribution in [3.05, 3.63) is 35.5 Å². The van der Waals surface area contributed by atoms with E-state index in [1.807, 2.05) is 11.9 Å². The Labute approximate surface area is 135 Å². The summed E-state index contributed by atoms with van der Waals surface area (Å²) in [6.07, 6.45) is 3.32. The van der Waals surface area contributed by atoms with Crippen LogP contribution in [0, 0.1) is 5.92 Å². The molecule has 1 saturated carbocycles. The van der Waals surface area contributed by atoms with Gasteiger partial charge in [0.25, 0.3) is 0 Å². The molecule has 4 aliphatic rings. The first-order valence-corrected chi connectivity index (χ1v) is 9.29. The van der Waals surface area contributed by atoms with Gasteiger partial charge in [0.05, 0.1) is 11.6 Å². The molecule has 3 fully saturated rings. The highest BCUT2D eigenvalue weighted by atomic mass is 32.2. The van der Waals surface area contributed by atoms with Crippen LogP contribution in [-0.2, 0) is 5.75 Å². The molecular weight excluding hydrogens is 292 g/mol.